The van der Waals surface area contributed by atoms with Crippen LogP contribution in [0.4, 0.5) is 13.2 Å². The molecule has 0 atom stereocenters. The van der Waals surface area contributed by atoms with Crippen molar-refractivity contribution in [3.8, 4) is 34.6 Å². The predicted octanol–water partition coefficient (Wildman–Crippen LogP) is 10.6. The molecular formula is C40H23F3N4. The first kappa shape index (κ1) is 28.2. The zero-order chi connectivity index (χ0) is 32.4. The predicted molar refractivity (Wildman–Crippen MR) is 180 cm³/mol. The Morgan fingerprint density at radius 2 is 0.979 bits per heavy atom. The van der Waals surface area contributed by atoms with Crippen molar-refractivity contribution in [2.24, 2.45) is 0 Å². The van der Waals surface area contributed by atoms with E-state index in [0.29, 0.717) is 44.2 Å². The van der Waals surface area contributed by atoms with Crippen molar-refractivity contribution < 1.29 is 13.2 Å². The van der Waals surface area contributed by atoms with Gasteiger partial charge < -0.3 is 9.13 Å². The molecule has 0 aliphatic rings. The quantitative estimate of drug-likeness (QED) is 0.198. The van der Waals surface area contributed by atoms with Crippen LogP contribution < -0.4 is 0 Å². The van der Waals surface area contributed by atoms with Crippen LogP contribution in [-0.4, -0.2) is 9.13 Å². The Hall–Kier alpha value is -6.31. The van der Waals surface area contributed by atoms with Crippen LogP contribution in [0.15, 0.2) is 121 Å². The minimum Gasteiger partial charge on any atom is -0.309 e. The molecule has 0 spiro atoms. The maximum absolute atomic E-state index is 13.8. The van der Waals surface area contributed by atoms with Crippen molar-refractivity contribution in [3.63, 3.8) is 0 Å². The fourth-order valence-corrected chi connectivity index (χ4v) is 6.79. The largest absolute Gasteiger partial charge is 0.416 e. The molecule has 2 aromatic heterocycles. The van der Waals surface area contributed by atoms with Gasteiger partial charge >= 0.3 is 6.18 Å². The number of hydrogen-bond acceptors (Lipinski definition) is 2. The van der Waals surface area contributed by atoms with Gasteiger partial charge in [-0.05, 0) is 85.8 Å². The van der Waals surface area contributed by atoms with E-state index >= 15 is 0 Å². The van der Waals surface area contributed by atoms with E-state index in [1.54, 1.807) is 18.2 Å². The van der Waals surface area contributed by atoms with Crippen molar-refractivity contribution >= 4 is 43.6 Å². The van der Waals surface area contributed by atoms with Crippen molar-refractivity contribution in [2.45, 2.75) is 13.1 Å². The van der Waals surface area contributed by atoms with Gasteiger partial charge in [0.2, 0.25) is 0 Å². The average Bonchev–Trinajstić information content (AvgIpc) is 3.59. The minimum absolute atomic E-state index is 0.412. The second-order valence-electron chi connectivity index (χ2n) is 11.6. The van der Waals surface area contributed by atoms with E-state index in [4.69, 9.17) is 0 Å². The maximum Gasteiger partial charge on any atom is 0.416 e. The van der Waals surface area contributed by atoms with Crippen LogP contribution in [0.3, 0.4) is 0 Å². The second kappa shape index (κ2) is 10.4. The fraction of sp³-hybridized carbons (Fsp3) is 0.0500. The number of alkyl halides is 3. The first-order chi connectivity index (χ1) is 22.8. The van der Waals surface area contributed by atoms with E-state index in [1.165, 1.54) is 12.1 Å². The summed E-state index contributed by atoms with van der Waals surface area (Å²) in [5.74, 6) is 0. The molecule has 224 valence electrons. The van der Waals surface area contributed by atoms with Gasteiger partial charge in [0.15, 0.2) is 0 Å². The molecule has 0 amide bonds. The van der Waals surface area contributed by atoms with Gasteiger partial charge in [-0.25, -0.2) is 0 Å². The molecule has 6 aromatic carbocycles. The first-order valence-electron chi connectivity index (χ1n) is 15.0. The zero-order valence-electron chi connectivity index (χ0n) is 25.0. The third-order valence-corrected chi connectivity index (χ3v) is 8.85. The van der Waals surface area contributed by atoms with Gasteiger partial charge in [0.25, 0.3) is 0 Å². The van der Waals surface area contributed by atoms with Crippen molar-refractivity contribution in [1.82, 2.24) is 9.13 Å². The second-order valence-corrected chi connectivity index (χ2v) is 11.6. The molecule has 4 nitrogen and oxygen atoms in total. The van der Waals surface area contributed by atoms with E-state index in [9.17, 15) is 23.7 Å². The molecule has 47 heavy (non-hydrogen) atoms. The minimum atomic E-state index is -4.50. The molecule has 8 aromatic rings. The van der Waals surface area contributed by atoms with Crippen molar-refractivity contribution in [3.05, 3.63) is 144 Å². The van der Waals surface area contributed by atoms with Crippen molar-refractivity contribution in [1.29, 1.82) is 10.5 Å². The highest BCUT2D eigenvalue weighted by molar-refractivity contribution is 6.11. The van der Waals surface area contributed by atoms with Crippen LogP contribution in [0.1, 0.15) is 22.3 Å². The number of hydrogen-bond donors (Lipinski definition) is 0. The van der Waals surface area contributed by atoms with E-state index in [0.717, 1.165) is 44.6 Å². The molecule has 0 saturated carbocycles. The molecule has 0 aliphatic carbocycles. The third kappa shape index (κ3) is 4.36. The summed E-state index contributed by atoms with van der Waals surface area (Å²) in [6.07, 6.45) is -4.50. The number of rotatable bonds is 3. The van der Waals surface area contributed by atoms with Crippen LogP contribution in [0.25, 0.3) is 66.1 Å². The lowest BCUT2D eigenvalue weighted by atomic mass is 9.97. The van der Waals surface area contributed by atoms with Crippen LogP contribution in [0.5, 0.6) is 0 Å². The lowest BCUT2D eigenvalue weighted by Gasteiger charge is -2.19. The van der Waals surface area contributed by atoms with Gasteiger partial charge in [-0.1, -0.05) is 48.0 Å². The topological polar surface area (TPSA) is 57.4 Å². The van der Waals surface area contributed by atoms with Gasteiger partial charge in [-0.2, -0.15) is 23.7 Å². The first-order valence-corrected chi connectivity index (χ1v) is 15.0. The Kier molecular flexibility index (Phi) is 6.22. The van der Waals surface area contributed by atoms with E-state index in [-0.39, 0.29) is 0 Å². The Morgan fingerprint density at radius 3 is 1.49 bits per heavy atom. The van der Waals surface area contributed by atoms with Crippen LogP contribution in [0, 0.1) is 29.6 Å². The number of benzene rings is 6. The molecule has 0 unspecified atom stereocenters. The standard InChI is InChI=1S/C40H23F3N4/c1-24-10-14-36-30(18-24)28-6-2-4-8-34(28)46(36)37-15-11-25(22-44)19-31(37)32-20-26(23-45)12-16-38(32)47-35-9-5-3-7-29(35)33-21-27(40(41,42)43)13-17-39(33)47/h2-21H,1H3. The maximum atomic E-state index is 13.8. The Bertz CT molecular complexity index is 2660. The molecule has 7 heteroatoms. The number of nitrogens with zero attached hydrogens (tertiary/aromatic N) is 4. The highest BCUT2D eigenvalue weighted by Gasteiger charge is 2.31. The Balaban J connectivity index is 1.50. The summed E-state index contributed by atoms with van der Waals surface area (Å²) < 4.78 is 45.6. The highest BCUT2D eigenvalue weighted by atomic mass is 19.4. The summed E-state index contributed by atoms with van der Waals surface area (Å²) in [7, 11) is 0. The third-order valence-electron chi connectivity index (χ3n) is 8.85. The smallest absolute Gasteiger partial charge is 0.309 e. The van der Waals surface area contributed by atoms with Crippen LogP contribution in [-0.2, 0) is 6.18 Å². The lowest BCUT2D eigenvalue weighted by Crippen LogP contribution is -2.05. The normalized spacial score (nSPS) is 11.8. The van der Waals surface area contributed by atoms with Crippen molar-refractivity contribution in [2.75, 3.05) is 0 Å². The molecule has 0 N–H and O–H groups in total. The number of fused-ring (bicyclic) bond motifs is 6. The van der Waals surface area contributed by atoms with Crippen LogP contribution >= 0.6 is 0 Å². The summed E-state index contributed by atoms with van der Waals surface area (Å²) in [6, 6.07) is 41.0. The van der Waals surface area contributed by atoms with E-state index in [1.807, 2.05) is 59.2 Å². The van der Waals surface area contributed by atoms with E-state index in [2.05, 4.69) is 54.0 Å². The molecule has 2 heterocycles. The van der Waals surface area contributed by atoms with Gasteiger partial charge in [-0.15, -0.1) is 0 Å². The molecule has 8 rings (SSSR count). The molecule has 0 radical (unpaired) electrons. The Morgan fingerprint density at radius 1 is 0.511 bits per heavy atom. The number of aromatic nitrogens is 2. The number of nitriles is 2. The van der Waals surface area contributed by atoms with Gasteiger partial charge in [0.05, 0.1) is 62.3 Å². The summed E-state index contributed by atoms with van der Waals surface area (Å²) in [5, 5.41) is 23.4. The number of para-hydroxylation sites is 2. The Labute approximate surface area is 267 Å². The fourth-order valence-electron chi connectivity index (χ4n) is 6.79. The number of aryl methyl sites for hydroxylation is 1. The molecule has 0 aliphatic heterocycles. The van der Waals surface area contributed by atoms with Crippen LogP contribution in [0.2, 0.25) is 0 Å². The zero-order valence-corrected chi connectivity index (χ0v) is 25.0. The van der Waals surface area contributed by atoms with Gasteiger partial charge in [-0.3, -0.25) is 0 Å². The monoisotopic (exact) mass is 616 g/mol. The lowest BCUT2D eigenvalue weighted by molar-refractivity contribution is -0.137. The van der Waals surface area contributed by atoms with Gasteiger partial charge in [0, 0.05) is 32.7 Å². The summed E-state index contributed by atoms with van der Waals surface area (Å²) in [4.78, 5) is 0. The summed E-state index contributed by atoms with van der Waals surface area (Å²) in [5.41, 5.74) is 7.37. The molecular weight excluding hydrogens is 593 g/mol. The van der Waals surface area contributed by atoms with Gasteiger partial charge in [0.1, 0.15) is 0 Å². The number of halogens is 3. The highest BCUT2D eigenvalue weighted by Crippen LogP contribution is 2.42. The SMILES string of the molecule is Cc1ccc2c(c1)c1ccccc1n2-c1ccc(C#N)cc1-c1cc(C#N)ccc1-n1c2ccccc2c2cc(C(F)(F)F)ccc21. The summed E-state index contributed by atoms with van der Waals surface area (Å²) >= 11 is 0. The summed E-state index contributed by atoms with van der Waals surface area (Å²) in [6.45, 7) is 2.06. The molecule has 0 saturated heterocycles. The molecule has 0 fully saturated rings. The molecule has 0 bridgehead atoms. The van der Waals surface area contributed by atoms with E-state index < -0.39 is 11.7 Å². The average molecular weight is 617 g/mol.